The Balaban J connectivity index is 1.64. The van der Waals surface area contributed by atoms with Crippen LogP contribution in [0, 0.1) is 0 Å². The first-order valence-electron chi connectivity index (χ1n) is 7.99. The molecule has 0 spiro atoms. The van der Waals surface area contributed by atoms with Crippen molar-refractivity contribution in [2.45, 2.75) is 50.7 Å². The number of carbonyl (C=O) groups is 3. The summed E-state index contributed by atoms with van der Waals surface area (Å²) in [6, 6.07) is 6.59. The normalized spacial score (nSPS) is 24.8. The van der Waals surface area contributed by atoms with Gasteiger partial charge in [0.1, 0.15) is 0 Å². The first-order valence-corrected chi connectivity index (χ1v) is 7.99. The van der Waals surface area contributed by atoms with Crippen LogP contribution in [-0.4, -0.2) is 35.0 Å². The highest BCUT2D eigenvalue weighted by atomic mass is 16.3. The highest BCUT2D eigenvalue weighted by Gasteiger charge is 2.30. The predicted octanol–water partition coefficient (Wildman–Crippen LogP) is 1.37. The minimum absolute atomic E-state index is 0.0901. The largest absolute Gasteiger partial charge is 0.393 e. The van der Waals surface area contributed by atoms with Crippen LogP contribution < -0.4 is 10.2 Å². The van der Waals surface area contributed by atoms with Crippen LogP contribution in [0.25, 0.3) is 0 Å². The number of anilines is 1. The van der Waals surface area contributed by atoms with Crippen molar-refractivity contribution in [1.82, 2.24) is 5.32 Å². The van der Waals surface area contributed by atoms with E-state index in [1.807, 2.05) is 0 Å². The van der Waals surface area contributed by atoms with E-state index in [0.29, 0.717) is 24.1 Å². The van der Waals surface area contributed by atoms with Crippen LogP contribution >= 0.6 is 0 Å². The summed E-state index contributed by atoms with van der Waals surface area (Å²) in [6.45, 7) is 0. The first kappa shape index (κ1) is 15.7. The lowest BCUT2D eigenvalue weighted by molar-refractivity contribution is -0.121. The van der Waals surface area contributed by atoms with Crippen molar-refractivity contribution in [1.29, 1.82) is 0 Å². The highest BCUT2D eigenvalue weighted by Crippen LogP contribution is 2.23. The second-order valence-corrected chi connectivity index (χ2v) is 6.15. The molecule has 2 aliphatic rings. The molecule has 0 bridgehead atoms. The second kappa shape index (κ2) is 6.50. The van der Waals surface area contributed by atoms with Crippen molar-refractivity contribution in [3.63, 3.8) is 0 Å². The predicted molar refractivity (Wildman–Crippen MR) is 83.9 cm³/mol. The zero-order valence-electron chi connectivity index (χ0n) is 12.8. The van der Waals surface area contributed by atoms with Gasteiger partial charge in [0, 0.05) is 24.4 Å². The molecule has 2 N–H and O–H groups in total. The summed E-state index contributed by atoms with van der Waals surface area (Å²) in [5.41, 5.74) is 1.01. The van der Waals surface area contributed by atoms with Gasteiger partial charge in [0.2, 0.25) is 11.8 Å². The van der Waals surface area contributed by atoms with Gasteiger partial charge in [-0.3, -0.25) is 19.3 Å². The summed E-state index contributed by atoms with van der Waals surface area (Å²) >= 11 is 0. The molecule has 2 fully saturated rings. The SMILES string of the molecule is O=C(NC1CCC(O)CC1)c1ccc(N2C(=O)CCC2=O)cc1. The van der Waals surface area contributed by atoms with Crippen molar-refractivity contribution in [2.75, 3.05) is 4.90 Å². The standard InChI is InChI=1S/C17H20N2O4/c20-14-7-3-12(4-8-14)18-17(23)11-1-5-13(6-2-11)19-15(21)9-10-16(19)22/h1-2,5-6,12,14,20H,3-4,7-10H2,(H,18,23). The number of hydrogen-bond donors (Lipinski definition) is 2. The van der Waals surface area contributed by atoms with Crippen LogP contribution in [0.4, 0.5) is 5.69 Å². The van der Waals surface area contributed by atoms with Crippen LogP contribution in [-0.2, 0) is 9.59 Å². The molecular formula is C17H20N2O4. The number of aliphatic hydroxyl groups is 1. The Morgan fingerprint density at radius 1 is 1.00 bits per heavy atom. The Morgan fingerprint density at radius 2 is 1.57 bits per heavy atom. The minimum atomic E-state index is -0.252. The summed E-state index contributed by atoms with van der Waals surface area (Å²) < 4.78 is 0. The summed E-state index contributed by atoms with van der Waals surface area (Å²) in [4.78, 5) is 36.8. The van der Waals surface area contributed by atoms with Crippen molar-refractivity contribution in [2.24, 2.45) is 0 Å². The number of nitrogens with one attached hydrogen (secondary N) is 1. The van der Waals surface area contributed by atoms with Crippen LogP contribution in [0.1, 0.15) is 48.9 Å². The molecule has 122 valence electrons. The van der Waals surface area contributed by atoms with Gasteiger partial charge >= 0.3 is 0 Å². The fourth-order valence-corrected chi connectivity index (χ4v) is 3.12. The second-order valence-electron chi connectivity index (χ2n) is 6.15. The Labute approximate surface area is 134 Å². The molecule has 0 atom stereocenters. The Hall–Kier alpha value is -2.21. The smallest absolute Gasteiger partial charge is 0.251 e. The van der Waals surface area contributed by atoms with Gasteiger partial charge in [0.05, 0.1) is 11.8 Å². The van der Waals surface area contributed by atoms with Gasteiger partial charge in [-0.25, -0.2) is 0 Å². The quantitative estimate of drug-likeness (QED) is 0.825. The van der Waals surface area contributed by atoms with Crippen LogP contribution in [0.2, 0.25) is 0 Å². The first-order chi connectivity index (χ1) is 11.0. The third kappa shape index (κ3) is 3.42. The van der Waals surface area contributed by atoms with Crippen LogP contribution in [0.3, 0.4) is 0 Å². The molecule has 0 radical (unpaired) electrons. The van der Waals surface area contributed by atoms with Gasteiger partial charge in [-0.2, -0.15) is 0 Å². The lowest BCUT2D eigenvalue weighted by Crippen LogP contribution is -2.38. The summed E-state index contributed by atoms with van der Waals surface area (Å²) in [5, 5.41) is 12.4. The molecule has 6 heteroatoms. The Kier molecular flexibility index (Phi) is 4.43. The number of carbonyl (C=O) groups excluding carboxylic acids is 3. The van der Waals surface area contributed by atoms with E-state index in [-0.39, 0.29) is 42.7 Å². The summed E-state index contributed by atoms with van der Waals surface area (Å²) in [7, 11) is 0. The highest BCUT2D eigenvalue weighted by molar-refractivity contribution is 6.19. The molecule has 1 aliphatic carbocycles. The van der Waals surface area contributed by atoms with Crippen molar-refractivity contribution in [3.8, 4) is 0 Å². The number of rotatable bonds is 3. The molecule has 1 saturated carbocycles. The molecule has 6 nitrogen and oxygen atoms in total. The number of hydrogen-bond acceptors (Lipinski definition) is 4. The number of benzene rings is 1. The molecular weight excluding hydrogens is 296 g/mol. The zero-order chi connectivity index (χ0) is 16.4. The molecule has 3 rings (SSSR count). The maximum atomic E-state index is 12.2. The van der Waals surface area contributed by atoms with E-state index in [0.717, 1.165) is 12.8 Å². The van der Waals surface area contributed by atoms with Crippen LogP contribution in [0.15, 0.2) is 24.3 Å². The maximum Gasteiger partial charge on any atom is 0.251 e. The minimum Gasteiger partial charge on any atom is -0.393 e. The molecule has 1 heterocycles. The number of aliphatic hydroxyl groups excluding tert-OH is 1. The third-order valence-electron chi connectivity index (χ3n) is 4.47. The summed E-state index contributed by atoms with van der Waals surface area (Å²) in [6.07, 6.45) is 3.22. The van der Waals surface area contributed by atoms with Gasteiger partial charge in [0.25, 0.3) is 5.91 Å². The Morgan fingerprint density at radius 3 is 2.13 bits per heavy atom. The van der Waals surface area contributed by atoms with Gasteiger partial charge in [-0.15, -0.1) is 0 Å². The fraction of sp³-hybridized carbons (Fsp3) is 0.471. The monoisotopic (exact) mass is 316 g/mol. The molecule has 1 aliphatic heterocycles. The molecule has 1 aromatic rings. The van der Waals surface area contributed by atoms with E-state index in [1.165, 1.54) is 4.90 Å². The number of imide groups is 1. The summed E-state index contributed by atoms with van der Waals surface area (Å²) in [5.74, 6) is -0.571. The average molecular weight is 316 g/mol. The molecule has 23 heavy (non-hydrogen) atoms. The van der Waals surface area contributed by atoms with Gasteiger partial charge in [0.15, 0.2) is 0 Å². The fourth-order valence-electron chi connectivity index (χ4n) is 3.12. The van der Waals surface area contributed by atoms with Gasteiger partial charge in [-0.05, 0) is 49.9 Å². The number of amides is 3. The topological polar surface area (TPSA) is 86.7 Å². The van der Waals surface area contributed by atoms with Crippen LogP contribution in [0.5, 0.6) is 0 Å². The molecule has 1 aromatic carbocycles. The molecule has 0 aromatic heterocycles. The van der Waals surface area contributed by atoms with Gasteiger partial charge < -0.3 is 10.4 Å². The van der Waals surface area contributed by atoms with Crippen molar-refractivity contribution in [3.05, 3.63) is 29.8 Å². The third-order valence-corrected chi connectivity index (χ3v) is 4.47. The lowest BCUT2D eigenvalue weighted by atomic mass is 9.93. The van der Waals surface area contributed by atoms with E-state index in [4.69, 9.17) is 0 Å². The lowest BCUT2D eigenvalue weighted by Gasteiger charge is -2.26. The van der Waals surface area contributed by atoms with Crippen molar-refractivity contribution >= 4 is 23.4 Å². The van der Waals surface area contributed by atoms with Crippen molar-refractivity contribution < 1.29 is 19.5 Å². The molecule has 1 saturated heterocycles. The molecule has 3 amide bonds. The Bertz CT molecular complexity index is 602. The maximum absolute atomic E-state index is 12.2. The molecule has 0 unspecified atom stereocenters. The van der Waals surface area contributed by atoms with Gasteiger partial charge in [-0.1, -0.05) is 0 Å². The van der Waals surface area contributed by atoms with E-state index >= 15 is 0 Å². The average Bonchev–Trinajstić information content (AvgIpc) is 2.88. The van der Waals surface area contributed by atoms with E-state index in [9.17, 15) is 19.5 Å². The van der Waals surface area contributed by atoms with E-state index in [1.54, 1.807) is 24.3 Å². The number of nitrogens with zero attached hydrogens (tertiary/aromatic N) is 1. The zero-order valence-corrected chi connectivity index (χ0v) is 12.8. The van der Waals surface area contributed by atoms with E-state index in [2.05, 4.69) is 5.32 Å². The van der Waals surface area contributed by atoms with E-state index < -0.39 is 0 Å².